The molecule has 2 aromatic carbocycles. The Bertz CT molecular complexity index is 670. The maximum atomic E-state index is 12.0. The zero-order valence-corrected chi connectivity index (χ0v) is 14.6. The van der Waals surface area contributed by atoms with E-state index in [1.54, 1.807) is 6.08 Å². The molecule has 2 aromatic rings. The van der Waals surface area contributed by atoms with E-state index in [-0.39, 0.29) is 5.91 Å². The molecule has 2 rings (SSSR count). The Kier molecular flexibility index (Phi) is 6.62. The summed E-state index contributed by atoms with van der Waals surface area (Å²) < 4.78 is 5.52. The van der Waals surface area contributed by atoms with E-state index in [1.807, 2.05) is 42.5 Å². The van der Waals surface area contributed by atoms with Crippen molar-refractivity contribution in [2.45, 2.75) is 33.1 Å². The van der Waals surface area contributed by atoms with Gasteiger partial charge in [-0.1, -0.05) is 45.0 Å². The van der Waals surface area contributed by atoms with Gasteiger partial charge >= 0.3 is 0 Å². The molecule has 24 heavy (non-hydrogen) atoms. The number of benzene rings is 2. The van der Waals surface area contributed by atoms with E-state index in [9.17, 15) is 4.79 Å². The molecule has 0 atom stereocenters. The van der Waals surface area contributed by atoms with Crippen LogP contribution in [0.3, 0.4) is 0 Å². The highest BCUT2D eigenvalue weighted by Crippen LogP contribution is 2.17. The van der Waals surface area contributed by atoms with E-state index in [2.05, 4.69) is 38.2 Å². The summed E-state index contributed by atoms with van der Waals surface area (Å²) in [6.07, 6.45) is 4.34. The summed E-state index contributed by atoms with van der Waals surface area (Å²) >= 11 is 0. The van der Waals surface area contributed by atoms with Crippen molar-refractivity contribution in [3.8, 4) is 5.75 Å². The number of carbonyl (C=O) groups is 1. The van der Waals surface area contributed by atoms with Crippen LogP contribution in [0.25, 0.3) is 6.08 Å². The number of anilines is 1. The van der Waals surface area contributed by atoms with Crippen molar-refractivity contribution in [2.75, 3.05) is 11.9 Å². The summed E-state index contributed by atoms with van der Waals surface area (Å²) in [7, 11) is 0. The minimum absolute atomic E-state index is 0.148. The van der Waals surface area contributed by atoms with Gasteiger partial charge in [0.25, 0.3) is 0 Å². The highest BCUT2D eigenvalue weighted by atomic mass is 16.5. The van der Waals surface area contributed by atoms with Crippen LogP contribution in [0.5, 0.6) is 5.75 Å². The molecule has 0 saturated heterocycles. The highest BCUT2D eigenvalue weighted by Gasteiger charge is 2.00. The predicted molar refractivity (Wildman–Crippen MR) is 100 cm³/mol. The first-order chi connectivity index (χ1) is 11.6. The van der Waals surface area contributed by atoms with Crippen molar-refractivity contribution < 1.29 is 9.53 Å². The lowest BCUT2D eigenvalue weighted by Crippen LogP contribution is -2.07. The number of carbonyl (C=O) groups excluding carboxylic acids is 1. The Morgan fingerprint density at radius 1 is 1.08 bits per heavy atom. The number of hydrogen-bond donors (Lipinski definition) is 1. The Morgan fingerprint density at radius 2 is 1.75 bits per heavy atom. The molecule has 3 nitrogen and oxygen atoms in total. The maximum absolute atomic E-state index is 12.0. The summed E-state index contributed by atoms with van der Waals surface area (Å²) in [6.45, 7) is 7.09. The standard InChI is InChI=1S/C21H25NO2/c1-4-15-24-20-12-10-19(11-13-20)22-21(23)14-7-17-5-8-18(9-6-17)16(2)3/h5-14,16H,4,15H2,1-3H3,(H,22,23)/b14-7+. The van der Waals surface area contributed by atoms with Crippen LogP contribution in [0.15, 0.2) is 54.6 Å². The van der Waals surface area contributed by atoms with E-state index in [4.69, 9.17) is 4.74 Å². The molecule has 0 unspecified atom stereocenters. The van der Waals surface area contributed by atoms with Crippen molar-refractivity contribution in [2.24, 2.45) is 0 Å². The van der Waals surface area contributed by atoms with Gasteiger partial charge in [-0.2, -0.15) is 0 Å². The topological polar surface area (TPSA) is 38.3 Å². The van der Waals surface area contributed by atoms with Crippen LogP contribution >= 0.6 is 0 Å². The summed E-state index contributed by atoms with van der Waals surface area (Å²) in [5, 5.41) is 2.84. The molecule has 0 spiro atoms. The second kappa shape index (κ2) is 8.92. The molecule has 0 aliphatic carbocycles. The lowest BCUT2D eigenvalue weighted by Gasteiger charge is -2.06. The van der Waals surface area contributed by atoms with Gasteiger partial charge in [0.15, 0.2) is 0 Å². The maximum Gasteiger partial charge on any atom is 0.248 e. The third kappa shape index (κ3) is 5.58. The van der Waals surface area contributed by atoms with Gasteiger partial charge in [-0.05, 0) is 53.8 Å². The largest absolute Gasteiger partial charge is 0.494 e. The SMILES string of the molecule is CCCOc1ccc(NC(=O)/C=C/c2ccc(C(C)C)cc2)cc1. The van der Waals surface area contributed by atoms with Gasteiger partial charge in [0.05, 0.1) is 6.61 Å². The van der Waals surface area contributed by atoms with Gasteiger partial charge in [-0.25, -0.2) is 0 Å². The molecular weight excluding hydrogens is 298 g/mol. The van der Waals surface area contributed by atoms with Crippen LogP contribution in [-0.2, 0) is 4.79 Å². The quantitative estimate of drug-likeness (QED) is 0.707. The van der Waals surface area contributed by atoms with E-state index in [0.717, 1.165) is 23.4 Å². The molecule has 0 aliphatic rings. The van der Waals surface area contributed by atoms with E-state index in [0.29, 0.717) is 12.5 Å². The smallest absolute Gasteiger partial charge is 0.248 e. The summed E-state index contributed by atoms with van der Waals surface area (Å²) in [6, 6.07) is 15.6. The van der Waals surface area contributed by atoms with Gasteiger partial charge in [0.1, 0.15) is 5.75 Å². The third-order valence-corrected chi connectivity index (χ3v) is 3.62. The normalized spacial score (nSPS) is 11.0. The molecule has 1 N–H and O–H groups in total. The Morgan fingerprint density at radius 3 is 2.33 bits per heavy atom. The number of rotatable bonds is 7. The van der Waals surface area contributed by atoms with E-state index >= 15 is 0 Å². The Labute approximate surface area is 144 Å². The fourth-order valence-electron chi connectivity index (χ4n) is 2.20. The summed E-state index contributed by atoms with van der Waals surface area (Å²) in [5.74, 6) is 1.18. The first kappa shape index (κ1) is 17.8. The molecule has 0 bridgehead atoms. The zero-order chi connectivity index (χ0) is 17.4. The molecular formula is C21H25NO2. The minimum Gasteiger partial charge on any atom is -0.494 e. The molecule has 3 heteroatoms. The first-order valence-corrected chi connectivity index (χ1v) is 8.40. The van der Waals surface area contributed by atoms with Gasteiger partial charge < -0.3 is 10.1 Å². The van der Waals surface area contributed by atoms with Gasteiger partial charge in [0.2, 0.25) is 5.91 Å². The lowest BCUT2D eigenvalue weighted by molar-refractivity contribution is -0.111. The Hall–Kier alpha value is -2.55. The molecule has 0 fully saturated rings. The molecule has 1 amide bonds. The summed E-state index contributed by atoms with van der Waals surface area (Å²) in [4.78, 5) is 12.0. The van der Waals surface area contributed by atoms with Crippen LogP contribution in [0.4, 0.5) is 5.69 Å². The molecule has 0 saturated carbocycles. The van der Waals surface area contributed by atoms with E-state index in [1.165, 1.54) is 5.56 Å². The zero-order valence-electron chi connectivity index (χ0n) is 14.6. The average Bonchev–Trinajstić information content (AvgIpc) is 2.59. The third-order valence-electron chi connectivity index (χ3n) is 3.62. The fraction of sp³-hybridized carbons (Fsp3) is 0.286. The monoisotopic (exact) mass is 323 g/mol. The molecule has 0 aliphatic heterocycles. The highest BCUT2D eigenvalue weighted by molar-refractivity contribution is 6.01. The predicted octanol–water partition coefficient (Wildman–Crippen LogP) is 5.25. The number of ether oxygens (including phenoxy) is 1. The van der Waals surface area contributed by atoms with Gasteiger partial charge in [-0.3, -0.25) is 4.79 Å². The molecule has 126 valence electrons. The Balaban J connectivity index is 1.90. The van der Waals surface area contributed by atoms with Crippen molar-refractivity contribution >= 4 is 17.7 Å². The van der Waals surface area contributed by atoms with Gasteiger partial charge in [-0.15, -0.1) is 0 Å². The number of hydrogen-bond acceptors (Lipinski definition) is 2. The molecule has 0 radical (unpaired) electrons. The second-order valence-electron chi connectivity index (χ2n) is 6.02. The van der Waals surface area contributed by atoms with Crippen LogP contribution in [0.2, 0.25) is 0 Å². The lowest BCUT2D eigenvalue weighted by atomic mass is 10.0. The van der Waals surface area contributed by atoms with Crippen molar-refractivity contribution in [3.05, 3.63) is 65.7 Å². The molecule has 0 aromatic heterocycles. The first-order valence-electron chi connectivity index (χ1n) is 8.40. The fourth-order valence-corrected chi connectivity index (χ4v) is 2.20. The second-order valence-corrected chi connectivity index (χ2v) is 6.02. The van der Waals surface area contributed by atoms with Crippen LogP contribution in [-0.4, -0.2) is 12.5 Å². The number of amides is 1. The van der Waals surface area contributed by atoms with Crippen molar-refractivity contribution in [1.82, 2.24) is 0 Å². The van der Waals surface area contributed by atoms with E-state index < -0.39 is 0 Å². The summed E-state index contributed by atoms with van der Waals surface area (Å²) in [5.41, 5.74) is 3.06. The number of nitrogens with one attached hydrogen (secondary N) is 1. The van der Waals surface area contributed by atoms with Crippen LogP contribution in [0.1, 0.15) is 44.2 Å². The van der Waals surface area contributed by atoms with Crippen LogP contribution in [0, 0.1) is 0 Å². The van der Waals surface area contributed by atoms with Crippen molar-refractivity contribution in [3.63, 3.8) is 0 Å². The van der Waals surface area contributed by atoms with Gasteiger partial charge in [0, 0.05) is 11.8 Å². The van der Waals surface area contributed by atoms with Crippen molar-refractivity contribution in [1.29, 1.82) is 0 Å². The molecule has 0 heterocycles. The van der Waals surface area contributed by atoms with Crippen LogP contribution < -0.4 is 10.1 Å². The average molecular weight is 323 g/mol. The minimum atomic E-state index is -0.148.